The highest BCUT2D eigenvalue weighted by Crippen LogP contribution is 2.35. The quantitative estimate of drug-likeness (QED) is 0.300. The summed E-state index contributed by atoms with van der Waals surface area (Å²) in [5.41, 5.74) is 0.706. The minimum absolute atomic E-state index is 0.0496. The molecular weight excluding hydrogens is 450 g/mol. The molecule has 0 fully saturated rings. The zero-order valence-corrected chi connectivity index (χ0v) is 18.6. The predicted octanol–water partition coefficient (Wildman–Crippen LogP) is 4.26. The van der Waals surface area contributed by atoms with Gasteiger partial charge in [0.1, 0.15) is 10.8 Å². The highest BCUT2D eigenvalue weighted by atomic mass is 32.1. The van der Waals surface area contributed by atoms with Crippen LogP contribution in [0.5, 0.6) is 5.75 Å². The van der Waals surface area contributed by atoms with Gasteiger partial charge >= 0.3 is 5.97 Å². The number of nitro benzene ring substituents is 1. The number of benzene rings is 2. The van der Waals surface area contributed by atoms with E-state index in [0.29, 0.717) is 16.9 Å². The Morgan fingerprint density at radius 1 is 1.00 bits per heavy atom. The summed E-state index contributed by atoms with van der Waals surface area (Å²) in [5.74, 6) is -1.22. The van der Waals surface area contributed by atoms with E-state index in [2.05, 4.69) is 10.6 Å². The fraction of sp³-hybridized carbons (Fsp3) is 0.136. The van der Waals surface area contributed by atoms with Gasteiger partial charge in [-0.05, 0) is 42.8 Å². The first-order chi connectivity index (χ1) is 15.7. The lowest BCUT2D eigenvalue weighted by Crippen LogP contribution is -2.14. The standard InChI is InChI=1S/C22H19N3O7S/c1-12-17(22(28)32-3)21(24-19(26)13-7-9-16(31-2)10-8-13)33-18(12)20(27)23-14-5-4-6-15(11-14)25(29)30/h4-11H,1-3H3,(H,23,27)(H,24,26). The van der Waals surface area contributed by atoms with E-state index in [1.54, 1.807) is 31.2 Å². The molecule has 0 atom stereocenters. The van der Waals surface area contributed by atoms with Crippen LogP contribution in [-0.4, -0.2) is 36.9 Å². The molecule has 1 aromatic heterocycles. The van der Waals surface area contributed by atoms with Gasteiger partial charge in [-0.15, -0.1) is 11.3 Å². The van der Waals surface area contributed by atoms with Crippen LogP contribution in [0.25, 0.3) is 0 Å². The summed E-state index contributed by atoms with van der Waals surface area (Å²) in [5, 5.41) is 16.3. The third-order valence-corrected chi connectivity index (χ3v) is 5.84. The summed E-state index contributed by atoms with van der Waals surface area (Å²) >= 11 is 0.895. The fourth-order valence-corrected chi connectivity index (χ4v) is 4.05. The number of anilines is 2. The molecule has 0 aliphatic rings. The lowest BCUT2D eigenvalue weighted by Gasteiger charge is -2.07. The van der Waals surface area contributed by atoms with Crippen LogP contribution in [-0.2, 0) is 4.74 Å². The topological polar surface area (TPSA) is 137 Å². The number of nitrogens with one attached hydrogen (secondary N) is 2. The third kappa shape index (κ3) is 5.15. The van der Waals surface area contributed by atoms with Crippen molar-refractivity contribution in [1.82, 2.24) is 0 Å². The van der Waals surface area contributed by atoms with Crippen molar-refractivity contribution in [1.29, 1.82) is 0 Å². The van der Waals surface area contributed by atoms with Crippen molar-refractivity contribution < 1.29 is 28.8 Å². The largest absolute Gasteiger partial charge is 0.497 e. The van der Waals surface area contributed by atoms with E-state index in [9.17, 15) is 24.5 Å². The van der Waals surface area contributed by atoms with E-state index in [1.807, 2.05) is 0 Å². The minimum Gasteiger partial charge on any atom is -0.497 e. The molecule has 0 radical (unpaired) electrons. The molecule has 0 bridgehead atoms. The molecule has 0 unspecified atom stereocenters. The van der Waals surface area contributed by atoms with E-state index in [4.69, 9.17) is 9.47 Å². The molecule has 3 aromatic rings. The number of carbonyl (C=O) groups excluding carboxylic acids is 3. The van der Waals surface area contributed by atoms with Crippen molar-refractivity contribution in [3.05, 3.63) is 80.2 Å². The highest BCUT2D eigenvalue weighted by molar-refractivity contribution is 7.19. The fourth-order valence-electron chi connectivity index (χ4n) is 2.97. The zero-order valence-electron chi connectivity index (χ0n) is 17.8. The van der Waals surface area contributed by atoms with Gasteiger partial charge in [0, 0.05) is 23.4 Å². The normalized spacial score (nSPS) is 10.3. The van der Waals surface area contributed by atoms with Crippen molar-refractivity contribution in [3.63, 3.8) is 0 Å². The molecule has 2 N–H and O–H groups in total. The first kappa shape index (κ1) is 23.4. The van der Waals surface area contributed by atoms with Crippen LogP contribution in [0.2, 0.25) is 0 Å². The summed E-state index contributed by atoms with van der Waals surface area (Å²) in [6.45, 7) is 1.55. The van der Waals surface area contributed by atoms with E-state index in [0.717, 1.165) is 11.3 Å². The van der Waals surface area contributed by atoms with Crippen LogP contribution in [0, 0.1) is 17.0 Å². The zero-order chi connectivity index (χ0) is 24.1. The Balaban J connectivity index is 1.91. The number of non-ortho nitro benzene ring substituents is 1. The monoisotopic (exact) mass is 469 g/mol. The summed E-state index contributed by atoms with van der Waals surface area (Å²) in [6, 6.07) is 11.8. The highest BCUT2D eigenvalue weighted by Gasteiger charge is 2.27. The lowest BCUT2D eigenvalue weighted by atomic mass is 10.1. The summed E-state index contributed by atoms with van der Waals surface area (Å²) in [4.78, 5) is 48.5. The predicted molar refractivity (Wildman–Crippen MR) is 122 cm³/mol. The smallest absolute Gasteiger partial charge is 0.341 e. The average molecular weight is 469 g/mol. The summed E-state index contributed by atoms with van der Waals surface area (Å²) < 4.78 is 9.90. The van der Waals surface area contributed by atoms with Crippen molar-refractivity contribution in [2.45, 2.75) is 6.92 Å². The van der Waals surface area contributed by atoms with E-state index < -0.39 is 22.7 Å². The first-order valence-corrected chi connectivity index (χ1v) is 10.3. The summed E-state index contributed by atoms with van der Waals surface area (Å²) in [6.07, 6.45) is 0. The van der Waals surface area contributed by atoms with Gasteiger partial charge in [0.25, 0.3) is 17.5 Å². The van der Waals surface area contributed by atoms with Crippen LogP contribution in [0.4, 0.5) is 16.4 Å². The molecule has 2 aromatic carbocycles. The Hall–Kier alpha value is -4.25. The van der Waals surface area contributed by atoms with Crippen molar-refractivity contribution in [3.8, 4) is 5.75 Å². The number of methoxy groups -OCH3 is 2. The van der Waals surface area contributed by atoms with E-state index in [-0.39, 0.29) is 26.8 Å². The van der Waals surface area contributed by atoms with Crippen molar-refractivity contribution >= 4 is 45.5 Å². The van der Waals surface area contributed by atoms with Gasteiger partial charge in [-0.25, -0.2) is 4.79 Å². The number of thiophene rings is 1. The Morgan fingerprint density at radius 3 is 2.30 bits per heavy atom. The molecule has 3 rings (SSSR count). The van der Waals surface area contributed by atoms with Crippen molar-refractivity contribution in [2.75, 3.05) is 24.9 Å². The summed E-state index contributed by atoms with van der Waals surface area (Å²) in [7, 11) is 2.70. The molecular formula is C22H19N3O7S. The number of rotatable bonds is 7. The number of carbonyl (C=O) groups is 3. The van der Waals surface area contributed by atoms with Crippen molar-refractivity contribution in [2.24, 2.45) is 0 Å². The average Bonchev–Trinajstić information content (AvgIpc) is 3.14. The van der Waals surface area contributed by atoms with Crippen LogP contribution in [0.15, 0.2) is 48.5 Å². The van der Waals surface area contributed by atoms with Gasteiger partial charge in [0.15, 0.2) is 0 Å². The molecule has 0 saturated heterocycles. The lowest BCUT2D eigenvalue weighted by molar-refractivity contribution is -0.384. The minimum atomic E-state index is -0.719. The first-order valence-electron chi connectivity index (χ1n) is 9.48. The number of ether oxygens (including phenoxy) is 2. The van der Waals surface area contributed by atoms with E-state index >= 15 is 0 Å². The molecule has 0 aliphatic heterocycles. The van der Waals surface area contributed by atoms with Gasteiger partial charge in [0.05, 0.1) is 29.6 Å². The molecule has 11 heteroatoms. The molecule has 10 nitrogen and oxygen atoms in total. The Labute approximate surface area is 192 Å². The SMILES string of the molecule is COC(=O)c1c(NC(=O)c2ccc(OC)cc2)sc(C(=O)Nc2cccc([N+](=O)[O-])c2)c1C. The molecule has 2 amide bonds. The van der Waals surface area contributed by atoms with Crippen LogP contribution in [0.1, 0.15) is 36.0 Å². The number of amides is 2. The van der Waals surface area contributed by atoms with Gasteiger partial charge in [0.2, 0.25) is 0 Å². The number of hydrogen-bond donors (Lipinski definition) is 2. The number of esters is 1. The van der Waals surface area contributed by atoms with Gasteiger partial charge in [-0.3, -0.25) is 19.7 Å². The molecule has 0 spiro atoms. The third-order valence-electron chi connectivity index (χ3n) is 4.64. The van der Waals surface area contributed by atoms with Crippen LogP contribution >= 0.6 is 11.3 Å². The maximum atomic E-state index is 12.9. The number of nitrogens with zero attached hydrogens (tertiary/aromatic N) is 1. The number of hydrogen-bond acceptors (Lipinski definition) is 8. The molecule has 33 heavy (non-hydrogen) atoms. The molecule has 0 saturated carbocycles. The van der Waals surface area contributed by atoms with Gasteiger partial charge in [-0.1, -0.05) is 6.07 Å². The van der Waals surface area contributed by atoms with Gasteiger partial charge in [-0.2, -0.15) is 0 Å². The maximum absolute atomic E-state index is 12.9. The second-order valence-corrected chi connectivity index (χ2v) is 7.72. The maximum Gasteiger partial charge on any atom is 0.341 e. The Kier molecular flexibility index (Phi) is 7.04. The Morgan fingerprint density at radius 2 is 1.70 bits per heavy atom. The number of nitro groups is 1. The second kappa shape index (κ2) is 9.92. The second-order valence-electron chi connectivity index (χ2n) is 6.70. The van der Waals surface area contributed by atoms with Crippen LogP contribution in [0.3, 0.4) is 0 Å². The molecule has 170 valence electrons. The van der Waals surface area contributed by atoms with Gasteiger partial charge < -0.3 is 20.1 Å². The Bertz CT molecular complexity index is 1240. The van der Waals surface area contributed by atoms with E-state index in [1.165, 1.54) is 38.5 Å². The van der Waals surface area contributed by atoms with Crippen LogP contribution < -0.4 is 15.4 Å². The molecule has 1 heterocycles. The molecule has 0 aliphatic carbocycles.